The van der Waals surface area contributed by atoms with Crippen molar-refractivity contribution in [2.45, 2.75) is 13.8 Å². The van der Waals surface area contributed by atoms with Crippen LogP contribution in [-0.4, -0.2) is 14.1 Å². The molecule has 0 N–H and O–H groups in total. The van der Waals surface area contributed by atoms with Crippen LogP contribution in [0.2, 0.25) is 0 Å². The van der Waals surface area contributed by atoms with Gasteiger partial charge in [-0.15, -0.1) is 0 Å². The summed E-state index contributed by atoms with van der Waals surface area (Å²) >= 11 is 0. The Labute approximate surface area is 221 Å². The van der Waals surface area contributed by atoms with Gasteiger partial charge in [-0.05, 0) is 79.6 Å². The van der Waals surface area contributed by atoms with Crippen molar-refractivity contribution in [2.75, 3.05) is 0 Å². The van der Waals surface area contributed by atoms with Gasteiger partial charge >= 0.3 is 0 Å². The average molecular weight is 492 g/mol. The maximum Gasteiger partial charge on any atom is 0.0993 e. The Morgan fingerprint density at radius 3 is 1.95 bits per heavy atom. The number of aryl methyl sites for hydroxylation is 2. The van der Waals surface area contributed by atoms with Crippen LogP contribution in [0.1, 0.15) is 33.6 Å². The first-order valence-electron chi connectivity index (χ1n) is 12.2. The molecular weight excluding hydrogens is 466 g/mol. The molecule has 5 nitrogen and oxygen atoms in total. The number of benzene rings is 2. The van der Waals surface area contributed by atoms with Gasteiger partial charge in [0.15, 0.2) is 0 Å². The molecule has 3 heterocycles. The Morgan fingerprint density at radius 2 is 1.34 bits per heavy atom. The molecular formula is C33H25N5. The summed E-state index contributed by atoms with van der Waals surface area (Å²) in [5.74, 6) is 0. The molecule has 5 rings (SSSR count). The minimum Gasteiger partial charge on any atom is -0.309 e. The topological polar surface area (TPSA) is 70.3 Å². The number of allylic oxidation sites excluding steroid dienone is 4. The van der Waals surface area contributed by atoms with Gasteiger partial charge < -0.3 is 9.13 Å². The molecule has 0 radical (unpaired) electrons. The van der Waals surface area contributed by atoms with E-state index >= 15 is 0 Å². The second kappa shape index (κ2) is 9.93. The number of nitriles is 2. The van der Waals surface area contributed by atoms with Crippen molar-refractivity contribution in [3.05, 3.63) is 126 Å². The first-order valence-corrected chi connectivity index (χ1v) is 12.2. The Bertz CT molecular complexity index is 1890. The molecule has 182 valence electrons. The molecule has 5 heteroatoms. The van der Waals surface area contributed by atoms with Gasteiger partial charge in [-0.25, -0.2) is 0 Å². The van der Waals surface area contributed by atoms with E-state index in [0.29, 0.717) is 11.1 Å². The van der Waals surface area contributed by atoms with Crippen molar-refractivity contribution < 1.29 is 0 Å². The van der Waals surface area contributed by atoms with Crippen LogP contribution in [0.5, 0.6) is 0 Å². The smallest absolute Gasteiger partial charge is 0.0993 e. The summed E-state index contributed by atoms with van der Waals surface area (Å²) in [5, 5.41) is 21.6. The van der Waals surface area contributed by atoms with E-state index in [2.05, 4.69) is 52.4 Å². The maximum absolute atomic E-state index is 10.0. The Morgan fingerprint density at radius 1 is 0.737 bits per heavy atom. The van der Waals surface area contributed by atoms with Crippen molar-refractivity contribution in [3.63, 3.8) is 0 Å². The molecule has 0 aliphatic rings. The van der Waals surface area contributed by atoms with Gasteiger partial charge in [-0.3, -0.25) is 4.98 Å². The van der Waals surface area contributed by atoms with Crippen LogP contribution in [0, 0.1) is 36.5 Å². The predicted molar refractivity (Wildman–Crippen MR) is 155 cm³/mol. The first-order chi connectivity index (χ1) is 18.5. The summed E-state index contributed by atoms with van der Waals surface area (Å²) in [5.41, 5.74) is 8.84. The lowest BCUT2D eigenvalue weighted by molar-refractivity contribution is 1.05. The monoisotopic (exact) mass is 491 g/mol. The SMILES string of the molecule is C=C/C=C\c1c(C)c2cc(C#N)ccc2n1-c1cc(C#N)cc(-n2c(/C=C\C=C)c(C)c3ccncc32)c1. The molecule has 0 saturated heterocycles. The molecule has 0 aliphatic heterocycles. The third-order valence-corrected chi connectivity index (χ3v) is 6.79. The van der Waals surface area contributed by atoms with Crippen molar-refractivity contribution in [2.24, 2.45) is 0 Å². The highest BCUT2D eigenvalue weighted by Gasteiger charge is 2.18. The zero-order chi connectivity index (χ0) is 26.8. The van der Waals surface area contributed by atoms with Crippen LogP contribution in [0.3, 0.4) is 0 Å². The van der Waals surface area contributed by atoms with Gasteiger partial charge in [0.05, 0.1) is 40.5 Å². The highest BCUT2D eigenvalue weighted by Crippen LogP contribution is 2.34. The quantitative estimate of drug-likeness (QED) is 0.228. The van der Waals surface area contributed by atoms with E-state index < -0.39 is 0 Å². The highest BCUT2D eigenvalue weighted by atomic mass is 15.0. The van der Waals surface area contributed by atoms with Crippen molar-refractivity contribution >= 4 is 34.0 Å². The van der Waals surface area contributed by atoms with Crippen LogP contribution >= 0.6 is 0 Å². The molecule has 38 heavy (non-hydrogen) atoms. The second-order valence-electron chi connectivity index (χ2n) is 8.97. The summed E-state index contributed by atoms with van der Waals surface area (Å²) in [6.07, 6.45) is 15.0. The zero-order valence-corrected chi connectivity index (χ0v) is 21.3. The fraction of sp³-hybridized carbons (Fsp3) is 0.0606. The zero-order valence-electron chi connectivity index (χ0n) is 21.3. The van der Waals surface area contributed by atoms with Gasteiger partial charge in [0, 0.05) is 39.7 Å². The standard InChI is InChI=1S/C33H25N5/c1-5-7-9-30-22(3)28-13-14-36-21-33(28)38(30)27-16-25(20-35)15-26(18-27)37-31(10-8-6-2)23(4)29-17-24(19-34)11-12-32(29)37/h5-18,21H,1-2H2,3-4H3/b9-7-,10-8-. The molecule has 5 aromatic rings. The largest absolute Gasteiger partial charge is 0.309 e. The molecule has 0 fully saturated rings. The Balaban J connectivity index is 1.88. The van der Waals surface area contributed by atoms with Crippen LogP contribution in [0.15, 0.2) is 92.3 Å². The third-order valence-electron chi connectivity index (χ3n) is 6.79. The summed E-state index contributed by atoms with van der Waals surface area (Å²) in [7, 11) is 0. The predicted octanol–water partition coefficient (Wildman–Crippen LogP) is 7.73. The van der Waals surface area contributed by atoms with E-state index in [-0.39, 0.29) is 0 Å². The molecule has 3 aromatic heterocycles. The molecule has 0 bridgehead atoms. The van der Waals surface area contributed by atoms with E-state index in [1.165, 1.54) is 0 Å². The van der Waals surface area contributed by atoms with Gasteiger partial charge in [-0.2, -0.15) is 10.5 Å². The normalized spacial score (nSPS) is 11.4. The minimum atomic E-state index is 0.534. The maximum atomic E-state index is 10.0. The molecule has 0 atom stereocenters. The first kappa shape index (κ1) is 24.3. The van der Waals surface area contributed by atoms with Gasteiger partial charge in [0.1, 0.15) is 0 Å². The molecule has 2 aromatic carbocycles. The second-order valence-corrected chi connectivity index (χ2v) is 8.97. The average Bonchev–Trinajstić information content (AvgIpc) is 3.40. The molecule has 0 saturated carbocycles. The van der Waals surface area contributed by atoms with E-state index in [1.807, 2.05) is 73.8 Å². The van der Waals surface area contributed by atoms with E-state index in [4.69, 9.17) is 0 Å². The molecule has 0 amide bonds. The van der Waals surface area contributed by atoms with Crippen LogP contribution in [0.4, 0.5) is 0 Å². The highest BCUT2D eigenvalue weighted by molar-refractivity contribution is 5.92. The molecule has 0 spiro atoms. The number of pyridine rings is 1. The van der Waals surface area contributed by atoms with Crippen LogP contribution in [-0.2, 0) is 0 Å². The lowest BCUT2D eigenvalue weighted by Crippen LogP contribution is -2.03. The van der Waals surface area contributed by atoms with Gasteiger partial charge in [0.25, 0.3) is 0 Å². The summed E-state index contributed by atoms with van der Waals surface area (Å²) in [4.78, 5) is 4.39. The summed E-state index contributed by atoms with van der Waals surface area (Å²) in [6.45, 7) is 11.8. The van der Waals surface area contributed by atoms with E-state index in [1.54, 1.807) is 18.3 Å². The Hall–Kier alpha value is -5.39. The number of rotatable bonds is 6. The van der Waals surface area contributed by atoms with Crippen molar-refractivity contribution in [3.8, 4) is 23.5 Å². The summed E-state index contributed by atoms with van der Waals surface area (Å²) < 4.78 is 4.26. The number of hydrogen-bond acceptors (Lipinski definition) is 3. The summed E-state index contributed by atoms with van der Waals surface area (Å²) in [6, 6.07) is 18.2. The molecule has 0 aliphatic carbocycles. The fourth-order valence-corrected chi connectivity index (χ4v) is 5.04. The minimum absolute atomic E-state index is 0.534. The fourth-order valence-electron chi connectivity index (χ4n) is 5.04. The third kappa shape index (κ3) is 3.93. The lowest BCUT2D eigenvalue weighted by atomic mass is 10.1. The number of hydrogen-bond donors (Lipinski definition) is 0. The van der Waals surface area contributed by atoms with Gasteiger partial charge in [0.2, 0.25) is 0 Å². The van der Waals surface area contributed by atoms with Crippen molar-refractivity contribution in [1.29, 1.82) is 10.5 Å². The number of nitrogens with zero attached hydrogens (tertiary/aromatic N) is 5. The van der Waals surface area contributed by atoms with E-state index in [9.17, 15) is 10.5 Å². The lowest BCUT2D eigenvalue weighted by Gasteiger charge is -2.15. The number of fused-ring (bicyclic) bond motifs is 2. The number of aromatic nitrogens is 3. The van der Waals surface area contributed by atoms with E-state index in [0.717, 1.165) is 55.7 Å². The Kier molecular flexibility index (Phi) is 6.35. The van der Waals surface area contributed by atoms with Gasteiger partial charge in [-0.1, -0.05) is 37.5 Å². The van der Waals surface area contributed by atoms with Crippen molar-refractivity contribution in [1.82, 2.24) is 14.1 Å². The molecule has 0 unspecified atom stereocenters. The van der Waals surface area contributed by atoms with Crippen LogP contribution in [0.25, 0.3) is 45.3 Å². The van der Waals surface area contributed by atoms with Crippen LogP contribution < -0.4 is 0 Å².